The number of nitrogens with one attached hydrogen (secondary N) is 2. The molecular formula is C22H16N4. The van der Waals surface area contributed by atoms with Crippen molar-refractivity contribution >= 4 is 11.4 Å². The zero-order valence-corrected chi connectivity index (χ0v) is 14.0. The van der Waals surface area contributed by atoms with Gasteiger partial charge in [0, 0.05) is 34.9 Å². The van der Waals surface area contributed by atoms with Crippen LogP contribution in [0.5, 0.6) is 0 Å². The first kappa shape index (κ1) is 14.7. The van der Waals surface area contributed by atoms with Crippen LogP contribution < -0.4 is 0 Å². The number of rotatable bonds is 2. The highest BCUT2D eigenvalue weighted by molar-refractivity contribution is 6.29. The molecule has 4 nitrogen and oxygen atoms in total. The van der Waals surface area contributed by atoms with Gasteiger partial charge in [-0.3, -0.25) is 10.8 Å². The first-order valence-corrected chi connectivity index (χ1v) is 8.48. The van der Waals surface area contributed by atoms with E-state index in [1.807, 2.05) is 94.3 Å². The predicted molar refractivity (Wildman–Crippen MR) is 103 cm³/mol. The second-order valence-corrected chi connectivity index (χ2v) is 6.32. The fraction of sp³-hybridized carbons (Fsp3) is 0. The fourth-order valence-corrected chi connectivity index (χ4v) is 3.64. The number of hydrogen-bond acceptors (Lipinski definition) is 2. The molecule has 1 aliphatic rings. The molecule has 0 saturated carbocycles. The van der Waals surface area contributed by atoms with Crippen LogP contribution in [0.2, 0.25) is 0 Å². The van der Waals surface area contributed by atoms with Gasteiger partial charge in [-0.2, -0.15) is 0 Å². The third kappa shape index (κ3) is 1.96. The van der Waals surface area contributed by atoms with E-state index < -0.39 is 0 Å². The molecule has 4 heteroatoms. The Hall–Kier alpha value is -3.66. The highest BCUT2D eigenvalue weighted by Gasteiger charge is 2.31. The summed E-state index contributed by atoms with van der Waals surface area (Å²) in [6.45, 7) is 0. The number of nitrogens with zero attached hydrogens (tertiary/aromatic N) is 2. The van der Waals surface area contributed by atoms with Gasteiger partial charge in [-0.15, -0.1) is 0 Å². The molecule has 0 fully saturated rings. The standard InChI is InChI=1S/C22H16N4/c23-19-18-12-14-26(16-9-5-2-6-10-16)22(18)20(24)17-11-13-25(21(17)19)15-7-3-1-4-8-15/h1-14,23-24H. The smallest absolute Gasteiger partial charge is 0.0882 e. The molecule has 0 bridgehead atoms. The summed E-state index contributed by atoms with van der Waals surface area (Å²) in [5.41, 5.74) is 6.04. The Labute approximate surface area is 151 Å². The van der Waals surface area contributed by atoms with Crippen LogP contribution in [0.4, 0.5) is 0 Å². The Morgan fingerprint density at radius 3 is 1.27 bits per heavy atom. The maximum Gasteiger partial charge on any atom is 0.0882 e. The summed E-state index contributed by atoms with van der Waals surface area (Å²) in [6.07, 6.45) is 3.89. The van der Waals surface area contributed by atoms with Gasteiger partial charge in [-0.25, -0.2) is 0 Å². The molecule has 0 saturated heterocycles. The fourth-order valence-electron chi connectivity index (χ4n) is 3.64. The van der Waals surface area contributed by atoms with Crippen LogP contribution in [0.3, 0.4) is 0 Å². The van der Waals surface area contributed by atoms with Crippen molar-refractivity contribution in [2.24, 2.45) is 0 Å². The van der Waals surface area contributed by atoms with Crippen LogP contribution in [0.25, 0.3) is 11.4 Å². The average molecular weight is 336 g/mol. The van der Waals surface area contributed by atoms with Gasteiger partial charge in [0.25, 0.3) is 0 Å². The maximum atomic E-state index is 8.79. The van der Waals surface area contributed by atoms with Crippen LogP contribution in [0.15, 0.2) is 85.2 Å². The number of para-hydroxylation sites is 2. The van der Waals surface area contributed by atoms with Gasteiger partial charge >= 0.3 is 0 Å². The van der Waals surface area contributed by atoms with E-state index in [9.17, 15) is 0 Å². The van der Waals surface area contributed by atoms with Crippen molar-refractivity contribution in [3.63, 3.8) is 0 Å². The Balaban J connectivity index is 1.70. The van der Waals surface area contributed by atoms with Crippen molar-refractivity contribution in [1.29, 1.82) is 10.8 Å². The monoisotopic (exact) mass is 336 g/mol. The van der Waals surface area contributed by atoms with Crippen LogP contribution in [0.1, 0.15) is 22.5 Å². The van der Waals surface area contributed by atoms with Gasteiger partial charge in [0.05, 0.1) is 22.8 Å². The van der Waals surface area contributed by atoms with Crippen molar-refractivity contribution < 1.29 is 0 Å². The van der Waals surface area contributed by atoms with E-state index in [2.05, 4.69) is 0 Å². The number of fused-ring (bicyclic) bond motifs is 2. The van der Waals surface area contributed by atoms with Crippen molar-refractivity contribution in [2.45, 2.75) is 0 Å². The summed E-state index contributed by atoms with van der Waals surface area (Å²) in [7, 11) is 0. The lowest BCUT2D eigenvalue weighted by Gasteiger charge is -2.20. The number of hydrogen-bond donors (Lipinski definition) is 2. The Bertz CT molecular complexity index is 1050. The molecule has 124 valence electrons. The van der Waals surface area contributed by atoms with E-state index >= 15 is 0 Å². The van der Waals surface area contributed by atoms with Crippen LogP contribution in [-0.2, 0) is 0 Å². The minimum Gasteiger partial charge on any atom is -0.315 e. The molecule has 2 aromatic heterocycles. The highest BCUT2D eigenvalue weighted by Crippen LogP contribution is 2.31. The molecule has 26 heavy (non-hydrogen) atoms. The summed E-state index contributed by atoms with van der Waals surface area (Å²) in [5.74, 6) is 0. The van der Waals surface area contributed by atoms with E-state index in [-0.39, 0.29) is 0 Å². The van der Waals surface area contributed by atoms with E-state index in [4.69, 9.17) is 10.8 Å². The Kier molecular flexibility index (Phi) is 3.06. The summed E-state index contributed by atoms with van der Waals surface area (Å²) in [6, 6.07) is 23.8. The highest BCUT2D eigenvalue weighted by atomic mass is 15.0. The molecule has 0 radical (unpaired) electrons. The Morgan fingerprint density at radius 1 is 0.500 bits per heavy atom. The summed E-state index contributed by atoms with van der Waals surface area (Å²) < 4.78 is 3.99. The molecule has 4 aromatic rings. The predicted octanol–water partition coefficient (Wildman–Crippen LogP) is 4.41. The minimum atomic E-state index is 0.453. The molecule has 0 unspecified atom stereocenters. The second-order valence-electron chi connectivity index (χ2n) is 6.32. The van der Waals surface area contributed by atoms with E-state index in [0.29, 0.717) is 11.4 Å². The van der Waals surface area contributed by atoms with E-state index in [1.165, 1.54) is 0 Å². The molecule has 1 aliphatic carbocycles. The number of aromatic nitrogens is 2. The van der Waals surface area contributed by atoms with Crippen LogP contribution in [0, 0.1) is 10.8 Å². The summed E-state index contributed by atoms with van der Waals surface area (Å²) in [4.78, 5) is 0. The first-order chi connectivity index (χ1) is 12.8. The average Bonchev–Trinajstić information content (AvgIpc) is 3.33. The van der Waals surface area contributed by atoms with E-state index in [1.54, 1.807) is 0 Å². The van der Waals surface area contributed by atoms with Gasteiger partial charge < -0.3 is 9.13 Å². The van der Waals surface area contributed by atoms with Gasteiger partial charge in [0.1, 0.15) is 0 Å². The van der Waals surface area contributed by atoms with E-state index in [0.717, 1.165) is 33.9 Å². The molecule has 0 spiro atoms. The normalized spacial score (nSPS) is 12.8. The zero-order valence-electron chi connectivity index (χ0n) is 14.0. The SMILES string of the molecule is N=C1c2ccn(-c3ccccc3)c2C(=N)c2ccn(-c3ccccc3)c21. The Morgan fingerprint density at radius 2 is 0.885 bits per heavy atom. The van der Waals surface area contributed by atoms with Crippen molar-refractivity contribution in [3.05, 3.63) is 108 Å². The maximum absolute atomic E-state index is 8.79. The molecule has 2 heterocycles. The summed E-state index contributed by atoms with van der Waals surface area (Å²) in [5, 5.41) is 17.6. The van der Waals surface area contributed by atoms with Crippen LogP contribution in [-0.4, -0.2) is 20.6 Å². The largest absolute Gasteiger partial charge is 0.315 e. The van der Waals surface area contributed by atoms with Gasteiger partial charge in [-0.05, 0) is 36.4 Å². The van der Waals surface area contributed by atoms with Gasteiger partial charge in [0.2, 0.25) is 0 Å². The lowest BCUT2D eigenvalue weighted by atomic mass is 9.92. The molecule has 2 aromatic carbocycles. The van der Waals surface area contributed by atoms with Crippen molar-refractivity contribution in [1.82, 2.24) is 9.13 Å². The zero-order chi connectivity index (χ0) is 17.7. The van der Waals surface area contributed by atoms with Gasteiger partial charge in [-0.1, -0.05) is 36.4 Å². The second kappa shape index (κ2) is 5.43. The molecular weight excluding hydrogens is 320 g/mol. The third-order valence-electron chi connectivity index (χ3n) is 4.85. The molecule has 0 atom stereocenters. The molecule has 2 N–H and O–H groups in total. The topological polar surface area (TPSA) is 57.6 Å². The lowest BCUT2D eigenvalue weighted by molar-refractivity contribution is 1.03. The first-order valence-electron chi connectivity index (χ1n) is 8.48. The van der Waals surface area contributed by atoms with Gasteiger partial charge in [0.15, 0.2) is 0 Å². The lowest BCUT2D eigenvalue weighted by Crippen LogP contribution is -2.23. The molecule has 5 rings (SSSR count). The summed E-state index contributed by atoms with van der Waals surface area (Å²) >= 11 is 0. The number of benzene rings is 2. The molecule has 0 amide bonds. The minimum absolute atomic E-state index is 0.453. The molecule has 0 aliphatic heterocycles. The van der Waals surface area contributed by atoms with Crippen LogP contribution >= 0.6 is 0 Å². The van der Waals surface area contributed by atoms with Crippen molar-refractivity contribution in [2.75, 3.05) is 0 Å². The van der Waals surface area contributed by atoms with Crippen molar-refractivity contribution in [3.8, 4) is 11.4 Å². The quantitative estimate of drug-likeness (QED) is 0.480. The third-order valence-corrected chi connectivity index (χ3v) is 4.85.